The SMILES string of the molecule is O=C(O)c1sc(Br)c(Br)c1I. The highest BCUT2D eigenvalue weighted by molar-refractivity contribution is 14.1. The summed E-state index contributed by atoms with van der Waals surface area (Å²) < 4.78 is 2.38. The van der Waals surface area contributed by atoms with Gasteiger partial charge in [0.15, 0.2) is 0 Å². The molecule has 2 nitrogen and oxygen atoms in total. The standard InChI is InChI=1S/C5HBr2IO2S/c6-1-2(8)3(5(9)10)11-4(1)7/h(H,9,10). The molecule has 0 bridgehead atoms. The fourth-order valence-electron chi connectivity index (χ4n) is 0.503. The first-order chi connectivity index (χ1) is 5.04. The van der Waals surface area contributed by atoms with E-state index in [2.05, 4.69) is 31.9 Å². The van der Waals surface area contributed by atoms with Gasteiger partial charge in [-0.2, -0.15) is 0 Å². The van der Waals surface area contributed by atoms with Crippen molar-refractivity contribution in [2.45, 2.75) is 0 Å². The minimum absolute atomic E-state index is 0.365. The Morgan fingerprint density at radius 1 is 1.55 bits per heavy atom. The van der Waals surface area contributed by atoms with Gasteiger partial charge in [-0.25, -0.2) is 4.79 Å². The molecule has 0 atom stereocenters. The van der Waals surface area contributed by atoms with E-state index < -0.39 is 5.97 Å². The van der Waals surface area contributed by atoms with Crippen LogP contribution >= 0.6 is 65.8 Å². The van der Waals surface area contributed by atoms with Crippen LogP contribution in [0.25, 0.3) is 0 Å². The minimum atomic E-state index is -0.884. The van der Waals surface area contributed by atoms with Crippen molar-refractivity contribution < 1.29 is 9.90 Å². The molecule has 1 aromatic rings. The maximum atomic E-state index is 10.6. The lowest BCUT2D eigenvalue weighted by Gasteiger charge is -1.86. The van der Waals surface area contributed by atoms with Crippen molar-refractivity contribution in [1.29, 1.82) is 0 Å². The summed E-state index contributed by atoms with van der Waals surface area (Å²) in [6, 6.07) is 0. The highest BCUT2D eigenvalue weighted by Crippen LogP contribution is 2.37. The molecule has 0 radical (unpaired) electrons. The molecule has 0 aromatic carbocycles. The number of hydrogen-bond donors (Lipinski definition) is 1. The first-order valence-corrected chi connectivity index (χ1v) is 5.88. The van der Waals surface area contributed by atoms with Crippen LogP contribution in [0, 0.1) is 3.57 Å². The Morgan fingerprint density at radius 3 is 2.27 bits per heavy atom. The van der Waals surface area contributed by atoms with Crippen molar-refractivity contribution >= 4 is 71.8 Å². The number of carboxylic acids is 1. The molecule has 0 fully saturated rings. The average Bonchev–Trinajstić information content (AvgIpc) is 2.17. The molecule has 0 unspecified atom stereocenters. The predicted octanol–water partition coefficient (Wildman–Crippen LogP) is 3.58. The van der Waals surface area contributed by atoms with E-state index in [1.165, 1.54) is 11.3 Å². The summed E-state index contributed by atoms with van der Waals surface area (Å²) in [6.45, 7) is 0. The molecule has 60 valence electrons. The Labute approximate surface area is 97.4 Å². The monoisotopic (exact) mass is 410 g/mol. The lowest BCUT2D eigenvalue weighted by molar-refractivity contribution is 0.0701. The Hall–Kier alpha value is 0.860. The van der Waals surface area contributed by atoms with E-state index in [-0.39, 0.29) is 0 Å². The van der Waals surface area contributed by atoms with Gasteiger partial charge in [0, 0.05) is 0 Å². The third-order valence-electron chi connectivity index (χ3n) is 0.951. The fraction of sp³-hybridized carbons (Fsp3) is 0. The van der Waals surface area contributed by atoms with Crippen LogP contribution in [0.1, 0.15) is 9.67 Å². The highest BCUT2D eigenvalue weighted by Gasteiger charge is 2.17. The van der Waals surface area contributed by atoms with Crippen molar-refractivity contribution in [2.75, 3.05) is 0 Å². The van der Waals surface area contributed by atoms with Crippen LogP contribution in [0.2, 0.25) is 0 Å². The zero-order valence-corrected chi connectivity index (χ0v) is 11.0. The van der Waals surface area contributed by atoms with Gasteiger partial charge in [-0.3, -0.25) is 0 Å². The second-order valence-electron chi connectivity index (χ2n) is 1.64. The summed E-state index contributed by atoms with van der Waals surface area (Å²) in [5.41, 5.74) is 0. The fourth-order valence-corrected chi connectivity index (χ4v) is 3.79. The average molecular weight is 412 g/mol. The molecule has 11 heavy (non-hydrogen) atoms. The van der Waals surface area contributed by atoms with Gasteiger partial charge in [0.1, 0.15) is 4.88 Å². The van der Waals surface area contributed by atoms with E-state index in [1.807, 2.05) is 22.6 Å². The van der Waals surface area contributed by atoms with E-state index in [1.54, 1.807) is 0 Å². The zero-order valence-electron chi connectivity index (χ0n) is 4.90. The molecule has 0 aliphatic rings. The van der Waals surface area contributed by atoms with Crippen LogP contribution in [0.5, 0.6) is 0 Å². The van der Waals surface area contributed by atoms with Crippen LogP contribution in [-0.4, -0.2) is 11.1 Å². The summed E-state index contributed by atoms with van der Waals surface area (Å²) in [7, 11) is 0. The molecule has 0 saturated carbocycles. The van der Waals surface area contributed by atoms with Crippen LogP contribution < -0.4 is 0 Å². The molecule has 1 rings (SSSR count). The van der Waals surface area contributed by atoms with Gasteiger partial charge in [-0.15, -0.1) is 11.3 Å². The Morgan fingerprint density at radius 2 is 2.09 bits per heavy atom. The van der Waals surface area contributed by atoms with Gasteiger partial charge in [0.2, 0.25) is 0 Å². The topological polar surface area (TPSA) is 37.3 Å². The lowest BCUT2D eigenvalue weighted by Crippen LogP contribution is -1.93. The lowest BCUT2D eigenvalue weighted by atomic mass is 10.5. The number of carboxylic acid groups (broad SMARTS) is 1. The third kappa shape index (κ3) is 1.96. The van der Waals surface area contributed by atoms with Crippen LogP contribution in [0.4, 0.5) is 0 Å². The normalized spacial score (nSPS) is 10.1. The molecule has 0 amide bonds. The maximum absolute atomic E-state index is 10.6. The van der Waals surface area contributed by atoms with Crippen molar-refractivity contribution in [1.82, 2.24) is 0 Å². The molecular weight excluding hydrogens is 411 g/mol. The van der Waals surface area contributed by atoms with Crippen LogP contribution in [0.3, 0.4) is 0 Å². The number of aromatic carboxylic acids is 1. The van der Waals surface area contributed by atoms with E-state index in [9.17, 15) is 4.79 Å². The molecule has 1 N–H and O–H groups in total. The molecular formula is C5HBr2IO2S. The highest BCUT2D eigenvalue weighted by atomic mass is 127. The van der Waals surface area contributed by atoms with Crippen molar-refractivity contribution in [3.63, 3.8) is 0 Å². The largest absolute Gasteiger partial charge is 0.477 e. The Bertz CT molecular complexity index is 310. The summed E-state index contributed by atoms with van der Waals surface area (Å²) in [4.78, 5) is 10.9. The Kier molecular flexibility index (Phi) is 3.36. The van der Waals surface area contributed by atoms with E-state index in [0.717, 1.165) is 11.8 Å². The second kappa shape index (κ2) is 3.71. The minimum Gasteiger partial charge on any atom is -0.477 e. The van der Waals surface area contributed by atoms with Crippen LogP contribution in [-0.2, 0) is 0 Å². The first kappa shape index (κ1) is 9.94. The summed E-state index contributed by atoms with van der Waals surface area (Å²) in [5, 5.41) is 8.67. The molecule has 0 aliphatic heterocycles. The third-order valence-corrected chi connectivity index (χ3v) is 6.57. The van der Waals surface area contributed by atoms with E-state index in [4.69, 9.17) is 5.11 Å². The van der Waals surface area contributed by atoms with Gasteiger partial charge < -0.3 is 5.11 Å². The quantitative estimate of drug-likeness (QED) is 0.717. The van der Waals surface area contributed by atoms with E-state index in [0.29, 0.717) is 4.88 Å². The smallest absolute Gasteiger partial charge is 0.347 e. The number of halogens is 3. The molecule has 1 heterocycles. The van der Waals surface area contributed by atoms with E-state index >= 15 is 0 Å². The first-order valence-electron chi connectivity index (χ1n) is 2.40. The van der Waals surface area contributed by atoms with Gasteiger partial charge in [0.05, 0.1) is 11.8 Å². The zero-order chi connectivity index (χ0) is 8.59. The second-order valence-corrected chi connectivity index (χ2v) is 5.85. The summed E-state index contributed by atoms with van der Waals surface area (Å²) in [6.07, 6.45) is 0. The van der Waals surface area contributed by atoms with Crippen molar-refractivity contribution in [2.24, 2.45) is 0 Å². The van der Waals surface area contributed by atoms with Gasteiger partial charge in [-0.05, 0) is 54.5 Å². The molecule has 1 aromatic heterocycles. The number of thiophene rings is 1. The van der Waals surface area contributed by atoms with Crippen molar-refractivity contribution in [3.8, 4) is 0 Å². The maximum Gasteiger partial charge on any atom is 0.347 e. The molecule has 6 heteroatoms. The Balaban J connectivity index is 3.29. The predicted molar refractivity (Wildman–Crippen MR) is 59.4 cm³/mol. The van der Waals surface area contributed by atoms with Gasteiger partial charge in [0.25, 0.3) is 0 Å². The summed E-state index contributed by atoms with van der Waals surface area (Å²) >= 11 is 9.71. The number of carbonyl (C=O) groups is 1. The van der Waals surface area contributed by atoms with Gasteiger partial charge in [-0.1, -0.05) is 0 Å². The van der Waals surface area contributed by atoms with Crippen LogP contribution in [0.15, 0.2) is 8.26 Å². The number of hydrogen-bond acceptors (Lipinski definition) is 2. The molecule has 0 spiro atoms. The molecule has 0 saturated heterocycles. The van der Waals surface area contributed by atoms with Crippen molar-refractivity contribution in [3.05, 3.63) is 16.7 Å². The molecule has 0 aliphatic carbocycles. The number of rotatable bonds is 1. The van der Waals surface area contributed by atoms with Gasteiger partial charge >= 0.3 is 5.97 Å². The summed E-state index contributed by atoms with van der Waals surface area (Å²) in [5.74, 6) is -0.884.